The number of ether oxygens (including phenoxy) is 5. The Morgan fingerprint density at radius 1 is 1.14 bits per heavy atom. The van der Waals surface area contributed by atoms with E-state index < -0.39 is 8.07 Å². The molecule has 1 aliphatic rings. The Labute approximate surface area is 174 Å². The monoisotopic (exact) mass is 422 g/mol. The van der Waals surface area contributed by atoms with Crippen molar-refractivity contribution < 1.29 is 23.7 Å². The Balaban J connectivity index is 1.74. The normalized spacial score (nSPS) is 15.7. The van der Waals surface area contributed by atoms with Crippen LogP contribution in [-0.4, -0.2) is 57.0 Å². The highest BCUT2D eigenvalue weighted by Gasteiger charge is 2.21. The van der Waals surface area contributed by atoms with E-state index in [2.05, 4.69) is 24.7 Å². The lowest BCUT2D eigenvalue weighted by Gasteiger charge is -2.15. The molecule has 3 rings (SSSR count). The van der Waals surface area contributed by atoms with Gasteiger partial charge in [0.1, 0.15) is 13.3 Å². The summed E-state index contributed by atoms with van der Waals surface area (Å²) in [5.74, 6) is 0.584. The molecule has 0 spiro atoms. The zero-order chi connectivity index (χ0) is 20.9. The predicted molar refractivity (Wildman–Crippen MR) is 115 cm³/mol. The maximum Gasteiger partial charge on any atom is 0.240 e. The van der Waals surface area contributed by atoms with Crippen LogP contribution >= 0.6 is 0 Å². The van der Waals surface area contributed by atoms with Crippen molar-refractivity contribution in [2.75, 3.05) is 33.0 Å². The summed E-state index contributed by atoms with van der Waals surface area (Å²) >= 11 is 0. The van der Waals surface area contributed by atoms with Gasteiger partial charge in [-0.25, -0.2) is 4.68 Å². The van der Waals surface area contributed by atoms with E-state index in [-0.39, 0.29) is 12.4 Å². The van der Waals surface area contributed by atoms with Crippen LogP contribution in [0, 0.1) is 0 Å². The summed E-state index contributed by atoms with van der Waals surface area (Å²) in [7, 11) is -1.12. The maximum absolute atomic E-state index is 5.94. The summed E-state index contributed by atoms with van der Waals surface area (Å²) < 4.78 is 30.6. The smallest absolute Gasteiger partial charge is 0.240 e. The summed E-state index contributed by atoms with van der Waals surface area (Å²) in [6, 6.07) is 7.21. The zero-order valence-electron chi connectivity index (χ0n) is 18.3. The summed E-state index contributed by atoms with van der Waals surface area (Å²) in [5.41, 5.74) is 1.94. The molecule has 29 heavy (non-hydrogen) atoms. The molecule has 1 aliphatic heterocycles. The van der Waals surface area contributed by atoms with E-state index in [1.165, 1.54) is 0 Å². The van der Waals surface area contributed by atoms with Gasteiger partial charge in [0.2, 0.25) is 5.88 Å². The Hall–Kier alpha value is -1.45. The van der Waals surface area contributed by atoms with Crippen LogP contribution in [0.15, 0.2) is 18.2 Å². The van der Waals surface area contributed by atoms with Crippen LogP contribution < -0.4 is 4.74 Å². The van der Waals surface area contributed by atoms with Crippen molar-refractivity contribution in [1.82, 2.24) is 9.78 Å². The van der Waals surface area contributed by atoms with Crippen molar-refractivity contribution in [3.8, 4) is 5.88 Å². The number of hydrogen-bond acceptors (Lipinski definition) is 6. The second kappa shape index (κ2) is 10.0. The second-order valence-corrected chi connectivity index (χ2v) is 14.4. The first-order valence-corrected chi connectivity index (χ1v) is 14.1. The van der Waals surface area contributed by atoms with E-state index >= 15 is 0 Å². The summed E-state index contributed by atoms with van der Waals surface area (Å²) in [5, 5.41) is 5.58. The van der Waals surface area contributed by atoms with Gasteiger partial charge in [-0.1, -0.05) is 25.7 Å². The number of rotatable bonds is 11. The van der Waals surface area contributed by atoms with E-state index in [0.29, 0.717) is 39.0 Å². The Morgan fingerprint density at radius 3 is 2.59 bits per heavy atom. The average Bonchev–Trinajstić information content (AvgIpc) is 3.30. The number of hydrogen-bond donors (Lipinski definition) is 0. The Morgan fingerprint density at radius 2 is 1.90 bits per heavy atom. The third-order valence-corrected chi connectivity index (χ3v) is 6.32. The van der Waals surface area contributed by atoms with Crippen molar-refractivity contribution >= 4 is 19.0 Å². The molecule has 8 heteroatoms. The van der Waals surface area contributed by atoms with E-state index in [1.807, 2.05) is 36.7 Å². The molecule has 0 saturated carbocycles. The van der Waals surface area contributed by atoms with Gasteiger partial charge in [-0.15, -0.1) is 5.10 Å². The standard InChI is InChI=1S/C21H34N2O5Si/c1-16(2)25-8-9-26-20-18-14-17(21-27-10-11-28-21)6-7-19(18)23(22-20)15-24-12-13-29(3,4)5/h6-7,14,16,21H,8-13,15H2,1-5H3. The molecule has 0 atom stereocenters. The van der Waals surface area contributed by atoms with Gasteiger partial charge in [0.25, 0.3) is 0 Å². The van der Waals surface area contributed by atoms with Crippen LogP contribution in [0.25, 0.3) is 10.9 Å². The van der Waals surface area contributed by atoms with Crippen LogP contribution in [0.4, 0.5) is 0 Å². The molecule has 162 valence electrons. The van der Waals surface area contributed by atoms with Gasteiger partial charge in [-0.05, 0) is 32.0 Å². The highest BCUT2D eigenvalue weighted by Crippen LogP contribution is 2.31. The fraction of sp³-hybridized carbons (Fsp3) is 0.667. The van der Waals surface area contributed by atoms with Gasteiger partial charge in [-0.2, -0.15) is 0 Å². The largest absolute Gasteiger partial charge is 0.474 e. The lowest BCUT2D eigenvalue weighted by Crippen LogP contribution is -2.22. The van der Waals surface area contributed by atoms with Crippen molar-refractivity contribution in [3.63, 3.8) is 0 Å². The minimum Gasteiger partial charge on any atom is -0.474 e. The highest BCUT2D eigenvalue weighted by atomic mass is 28.3. The summed E-state index contributed by atoms with van der Waals surface area (Å²) in [6.07, 6.45) is -0.149. The maximum atomic E-state index is 5.94. The molecule has 1 fully saturated rings. The van der Waals surface area contributed by atoms with Crippen LogP contribution in [-0.2, 0) is 25.7 Å². The Bertz CT molecular complexity index is 781. The van der Waals surface area contributed by atoms with Crippen LogP contribution in [0.1, 0.15) is 25.7 Å². The first-order valence-electron chi connectivity index (χ1n) is 10.4. The zero-order valence-corrected chi connectivity index (χ0v) is 19.3. The van der Waals surface area contributed by atoms with Crippen LogP contribution in [0.3, 0.4) is 0 Å². The molecule has 0 N–H and O–H groups in total. The Kier molecular flexibility index (Phi) is 7.70. The van der Waals surface area contributed by atoms with Gasteiger partial charge >= 0.3 is 0 Å². The molecular formula is C21H34N2O5Si. The molecule has 7 nitrogen and oxygen atoms in total. The molecule has 1 saturated heterocycles. The number of benzene rings is 1. The SMILES string of the molecule is CC(C)OCCOc1nn(COCC[Si](C)(C)C)c2ccc(C3OCCO3)cc12. The van der Waals surface area contributed by atoms with Gasteiger partial charge < -0.3 is 23.7 Å². The van der Waals surface area contributed by atoms with Crippen LogP contribution in [0.5, 0.6) is 5.88 Å². The fourth-order valence-electron chi connectivity index (χ4n) is 3.02. The second-order valence-electron chi connectivity index (χ2n) is 8.77. The molecule has 2 aromatic rings. The topological polar surface area (TPSA) is 64.0 Å². The molecule has 0 amide bonds. The van der Waals surface area contributed by atoms with E-state index in [1.54, 1.807) is 0 Å². The third kappa shape index (κ3) is 6.52. The fourth-order valence-corrected chi connectivity index (χ4v) is 3.78. The molecule has 0 unspecified atom stereocenters. The molecular weight excluding hydrogens is 388 g/mol. The van der Waals surface area contributed by atoms with Gasteiger partial charge in [-0.3, -0.25) is 0 Å². The highest BCUT2D eigenvalue weighted by molar-refractivity contribution is 6.76. The molecule has 0 bridgehead atoms. The molecule has 1 aromatic heterocycles. The summed E-state index contributed by atoms with van der Waals surface area (Å²) in [4.78, 5) is 0. The quantitative estimate of drug-likeness (QED) is 0.399. The van der Waals surface area contributed by atoms with Crippen molar-refractivity contribution in [2.24, 2.45) is 0 Å². The van der Waals surface area contributed by atoms with Gasteiger partial charge in [0.15, 0.2) is 6.29 Å². The third-order valence-electron chi connectivity index (χ3n) is 4.62. The molecule has 2 heterocycles. The van der Waals surface area contributed by atoms with Crippen molar-refractivity contribution in [2.45, 2.75) is 58.7 Å². The van der Waals surface area contributed by atoms with Crippen LogP contribution in [0.2, 0.25) is 25.7 Å². The minimum atomic E-state index is -1.12. The average molecular weight is 423 g/mol. The molecule has 0 radical (unpaired) electrons. The number of aromatic nitrogens is 2. The molecule has 1 aromatic carbocycles. The first-order chi connectivity index (χ1) is 13.8. The lowest BCUT2D eigenvalue weighted by atomic mass is 10.1. The van der Waals surface area contributed by atoms with E-state index in [9.17, 15) is 0 Å². The van der Waals surface area contributed by atoms with E-state index in [0.717, 1.165) is 29.1 Å². The van der Waals surface area contributed by atoms with Gasteiger partial charge in [0.05, 0.1) is 36.8 Å². The minimum absolute atomic E-state index is 0.177. The van der Waals surface area contributed by atoms with Gasteiger partial charge in [0, 0.05) is 20.2 Å². The van der Waals surface area contributed by atoms with E-state index in [4.69, 9.17) is 23.7 Å². The van der Waals surface area contributed by atoms with Crippen molar-refractivity contribution in [1.29, 1.82) is 0 Å². The molecule has 0 aliphatic carbocycles. The number of fused-ring (bicyclic) bond motifs is 1. The first kappa shape index (κ1) is 22.2. The summed E-state index contributed by atoms with van der Waals surface area (Å²) in [6.45, 7) is 14.4. The number of nitrogens with zero attached hydrogens (tertiary/aromatic N) is 2. The lowest BCUT2D eigenvalue weighted by molar-refractivity contribution is -0.0440. The van der Waals surface area contributed by atoms with Crippen molar-refractivity contribution in [3.05, 3.63) is 23.8 Å². The predicted octanol–water partition coefficient (Wildman–Crippen LogP) is 4.20.